The number of amides is 1. The summed E-state index contributed by atoms with van der Waals surface area (Å²) >= 11 is 0. The summed E-state index contributed by atoms with van der Waals surface area (Å²) in [6.45, 7) is 1.37. The lowest BCUT2D eigenvalue weighted by Crippen LogP contribution is -2.42. The van der Waals surface area contributed by atoms with Gasteiger partial charge in [-0.15, -0.1) is 0 Å². The van der Waals surface area contributed by atoms with Gasteiger partial charge in [-0.3, -0.25) is 14.3 Å². The number of anilines is 2. The molecule has 1 unspecified atom stereocenters. The maximum Gasteiger partial charge on any atom is 0.322 e. The molecule has 0 fully saturated rings. The highest BCUT2D eigenvalue weighted by Crippen LogP contribution is 2.22. The summed E-state index contributed by atoms with van der Waals surface area (Å²) in [6.07, 6.45) is 6.60. The molecular weight excluding hydrogens is 350 g/mol. The van der Waals surface area contributed by atoms with Gasteiger partial charge in [-0.25, -0.2) is 4.98 Å². The Hall–Kier alpha value is -3.40. The van der Waals surface area contributed by atoms with Crippen molar-refractivity contribution in [1.29, 1.82) is 0 Å². The molecule has 142 valence electrons. The van der Waals surface area contributed by atoms with Gasteiger partial charge in [0.1, 0.15) is 6.04 Å². The van der Waals surface area contributed by atoms with Crippen molar-refractivity contribution in [3.63, 3.8) is 0 Å². The number of H-pyrrole nitrogens is 1. The molecule has 0 aliphatic heterocycles. The second-order valence-electron chi connectivity index (χ2n) is 6.03. The predicted octanol–water partition coefficient (Wildman–Crippen LogP) is 0.636. The van der Waals surface area contributed by atoms with Crippen LogP contribution in [0.3, 0.4) is 0 Å². The van der Waals surface area contributed by atoms with E-state index in [4.69, 9.17) is 10.8 Å². The number of hydrogen-bond donors (Lipinski definition) is 4. The number of aliphatic carboxylic acids is 1. The normalized spacial score (nSPS) is 12.0. The Kier molecular flexibility index (Phi) is 5.67. The number of nitrogens with one attached hydrogen (secondary N) is 2. The van der Waals surface area contributed by atoms with Crippen molar-refractivity contribution in [3.05, 3.63) is 36.8 Å². The molecule has 27 heavy (non-hydrogen) atoms. The highest BCUT2D eigenvalue weighted by atomic mass is 16.4. The van der Waals surface area contributed by atoms with Crippen molar-refractivity contribution >= 4 is 34.9 Å². The van der Waals surface area contributed by atoms with Crippen LogP contribution in [0.25, 0.3) is 10.9 Å². The number of hydrogen-bond acceptors (Lipinski definition) is 6. The third kappa shape index (κ3) is 4.42. The van der Waals surface area contributed by atoms with E-state index in [-0.39, 0.29) is 6.54 Å². The monoisotopic (exact) mass is 371 g/mol. The van der Waals surface area contributed by atoms with E-state index in [1.54, 1.807) is 30.7 Å². The zero-order chi connectivity index (χ0) is 19.2. The van der Waals surface area contributed by atoms with Gasteiger partial charge >= 0.3 is 5.97 Å². The molecule has 10 heteroatoms. The summed E-state index contributed by atoms with van der Waals surface area (Å²) in [5, 5.41) is 17.3. The fourth-order valence-electron chi connectivity index (χ4n) is 2.73. The summed E-state index contributed by atoms with van der Waals surface area (Å²) in [7, 11) is 0. The first-order chi connectivity index (χ1) is 13.1. The van der Waals surface area contributed by atoms with Gasteiger partial charge in [0, 0.05) is 36.6 Å². The Bertz CT molecular complexity index is 907. The molecule has 5 N–H and O–H groups in total. The number of aryl methyl sites for hydroxylation is 1. The molecule has 0 aliphatic rings. The fourth-order valence-corrected chi connectivity index (χ4v) is 2.73. The van der Waals surface area contributed by atoms with Crippen LogP contribution in [0.1, 0.15) is 6.42 Å². The van der Waals surface area contributed by atoms with Crippen LogP contribution in [-0.4, -0.2) is 56.4 Å². The first-order valence-corrected chi connectivity index (χ1v) is 8.47. The van der Waals surface area contributed by atoms with Crippen molar-refractivity contribution in [1.82, 2.24) is 19.7 Å². The van der Waals surface area contributed by atoms with Gasteiger partial charge in [0.25, 0.3) is 0 Å². The summed E-state index contributed by atoms with van der Waals surface area (Å²) in [6, 6.07) is 4.27. The number of aromatic nitrogens is 4. The van der Waals surface area contributed by atoms with Gasteiger partial charge in [-0.2, -0.15) is 5.10 Å². The topological polar surface area (TPSA) is 142 Å². The lowest BCUT2D eigenvalue weighted by Gasteiger charge is -2.19. The molecular formula is C17H21N7O3. The molecule has 0 bridgehead atoms. The number of rotatable bonds is 10. The first kappa shape index (κ1) is 18.4. The van der Waals surface area contributed by atoms with Crippen molar-refractivity contribution in [2.75, 3.05) is 23.3 Å². The van der Waals surface area contributed by atoms with Gasteiger partial charge in [0.2, 0.25) is 6.41 Å². The first-order valence-electron chi connectivity index (χ1n) is 8.47. The number of aromatic amines is 1. The van der Waals surface area contributed by atoms with E-state index >= 15 is 0 Å². The largest absolute Gasteiger partial charge is 0.480 e. The van der Waals surface area contributed by atoms with Crippen LogP contribution in [0.15, 0.2) is 36.8 Å². The predicted molar refractivity (Wildman–Crippen MR) is 100 cm³/mol. The molecule has 0 saturated heterocycles. The van der Waals surface area contributed by atoms with Crippen molar-refractivity contribution in [2.24, 2.45) is 5.73 Å². The summed E-state index contributed by atoms with van der Waals surface area (Å²) in [5.74, 6) is -0.419. The molecule has 1 atom stereocenters. The number of nitrogens with two attached hydrogens (primary N) is 1. The number of carbonyl (C=O) groups excluding carboxylic acids is 1. The summed E-state index contributed by atoms with van der Waals surface area (Å²) < 4.78 is 1.89. The van der Waals surface area contributed by atoms with Crippen LogP contribution in [0, 0.1) is 0 Å². The lowest BCUT2D eigenvalue weighted by atomic mass is 10.2. The maximum atomic E-state index is 11.3. The van der Waals surface area contributed by atoms with E-state index in [1.807, 2.05) is 10.7 Å². The van der Waals surface area contributed by atoms with Crippen LogP contribution in [-0.2, 0) is 16.1 Å². The molecule has 1 aromatic carbocycles. The van der Waals surface area contributed by atoms with E-state index < -0.39 is 12.0 Å². The Balaban J connectivity index is 1.64. The minimum Gasteiger partial charge on any atom is -0.480 e. The number of fused-ring (bicyclic) bond motifs is 1. The van der Waals surface area contributed by atoms with Gasteiger partial charge < -0.3 is 26.0 Å². The third-order valence-corrected chi connectivity index (χ3v) is 4.13. The van der Waals surface area contributed by atoms with E-state index in [0.29, 0.717) is 12.1 Å². The average molecular weight is 371 g/mol. The minimum atomic E-state index is -1.15. The molecule has 0 aliphatic carbocycles. The summed E-state index contributed by atoms with van der Waals surface area (Å²) in [4.78, 5) is 30.6. The highest BCUT2D eigenvalue weighted by molar-refractivity contribution is 5.87. The molecule has 1 amide bonds. The van der Waals surface area contributed by atoms with Crippen LogP contribution in [0.5, 0.6) is 0 Å². The second-order valence-corrected chi connectivity index (χ2v) is 6.03. The molecule has 2 heterocycles. The van der Waals surface area contributed by atoms with Gasteiger partial charge in [-0.1, -0.05) is 0 Å². The van der Waals surface area contributed by atoms with Crippen molar-refractivity contribution in [3.8, 4) is 0 Å². The van der Waals surface area contributed by atoms with E-state index in [2.05, 4.69) is 20.4 Å². The molecule has 10 nitrogen and oxygen atoms in total. The van der Waals surface area contributed by atoms with Crippen molar-refractivity contribution in [2.45, 2.75) is 19.0 Å². The van der Waals surface area contributed by atoms with Crippen LogP contribution < -0.4 is 16.0 Å². The Labute approximate surface area is 155 Å². The minimum absolute atomic E-state index is 0.100. The Morgan fingerprint density at radius 3 is 3.04 bits per heavy atom. The maximum absolute atomic E-state index is 11.3. The molecule has 3 rings (SSSR count). The zero-order valence-corrected chi connectivity index (χ0v) is 14.6. The molecule has 2 aromatic heterocycles. The number of carbonyl (C=O) groups is 2. The molecule has 0 spiro atoms. The second kappa shape index (κ2) is 8.32. The molecule has 3 aromatic rings. The van der Waals surface area contributed by atoms with Gasteiger partial charge in [0.15, 0.2) is 5.95 Å². The number of benzene rings is 1. The standard InChI is InChI=1S/C17H21N7O3/c18-14(16(26)27)10-23(11-25)13-2-3-15-12(8-13)9-22-24(15)7-1-4-19-17-20-5-6-21-17/h2-3,5-6,8-9,11,14H,1,4,7,10,18H2,(H,26,27)(H2,19,20,21). The highest BCUT2D eigenvalue weighted by Gasteiger charge is 2.17. The van der Waals surface area contributed by atoms with Crippen LogP contribution >= 0.6 is 0 Å². The SMILES string of the molecule is NC(CN(C=O)c1ccc2c(cnn2CCCNc2ncc[nH]2)c1)C(=O)O. The van der Waals surface area contributed by atoms with E-state index in [0.717, 1.165) is 36.4 Å². The quantitative estimate of drug-likeness (QED) is 0.302. The van der Waals surface area contributed by atoms with Gasteiger partial charge in [-0.05, 0) is 24.6 Å². The number of carboxylic acid groups (broad SMARTS) is 1. The van der Waals surface area contributed by atoms with Gasteiger partial charge in [0.05, 0.1) is 18.3 Å². The van der Waals surface area contributed by atoms with E-state index in [1.165, 1.54) is 4.90 Å². The van der Waals surface area contributed by atoms with Crippen molar-refractivity contribution < 1.29 is 14.7 Å². The fraction of sp³-hybridized carbons (Fsp3) is 0.294. The third-order valence-electron chi connectivity index (χ3n) is 4.13. The number of imidazole rings is 1. The molecule has 0 saturated carbocycles. The molecule has 0 radical (unpaired) electrons. The van der Waals surface area contributed by atoms with Crippen LogP contribution in [0.2, 0.25) is 0 Å². The van der Waals surface area contributed by atoms with Crippen LogP contribution in [0.4, 0.5) is 11.6 Å². The van der Waals surface area contributed by atoms with E-state index in [9.17, 15) is 9.59 Å². The lowest BCUT2D eigenvalue weighted by molar-refractivity contribution is -0.138. The Morgan fingerprint density at radius 2 is 2.33 bits per heavy atom. The Morgan fingerprint density at radius 1 is 1.48 bits per heavy atom. The summed E-state index contributed by atoms with van der Waals surface area (Å²) in [5.41, 5.74) is 7.03. The average Bonchev–Trinajstić information content (AvgIpc) is 3.32. The zero-order valence-electron chi connectivity index (χ0n) is 14.6. The number of carboxylic acids is 1. The number of nitrogens with zero attached hydrogens (tertiary/aromatic N) is 4. The smallest absolute Gasteiger partial charge is 0.322 e.